The molecule has 2 heterocycles. The molecule has 460 valence electrons. The Morgan fingerprint density at radius 3 is 0.958 bits per heavy atom. The number of fused-ring (bicyclic) bond motifs is 4. The minimum absolute atomic E-state index is 0.804. The number of anilines is 11. The average molecular weight is 1240 g/mol. The molecule has 0 N–H and O–H groups in total. The second-order valence-electron chi connectivity index (χ2n) is 25.1. The van der Waals surface area contributed by atoms with Crippen molar-refractivity contribution >= 4 is 106 Å². The SMILES string of the molecule is Cc1ccc(N(c2ccc(-c3ccc(N(C4=CC=C(CCc5ccc(N(c6ccc(-c7ccc(N(c8ccc(C)cc8)c8cccc9ccccc89)cn7)nc6)c6cccc7ccccc67)cc5)CC4)c4cccc5ccccc45)cc3)cc2)c2cccc3ccccc23)cc1. The molecule has 0 spiro atoms. The summed E-state index contributed by atoms with van der Waals surface area (Å²) in [4.78, 5) is 19.7. The highest BCUT2D eigenvalue weighted by Crippen LogP contribution is 2.45. The van der Waals surface area contributed by atoms with Crippen LogP contribution >= 0.6 is 0 Å². The molecule has 1 aliphatic carbocycles. The Morgan fingerprint density at radius 2 is 0.594 bits per heavy atom. The second kappa shape index (κ2) is 26.1. The van der Waals surface area contributed by atoms with Crippen molar-refractivity contribution in [1.82, 2.24) is 9.97 Å². The van der Waals surface area contributed by atoms with E-state index in [4.69, 9.17) is 9.97 Å². The Morgan fingerprint density at radius 1 is 0.271 bits per heavy atom. The van der Waals surface area contributed by atoms with Gasteiger partial charge in [-0.05, 0) is 193 Å². The zero-order chi connectivity index (χ0) is 64.3. The van der Waals surface area contributed by atoms with Gasteiger partial charge in [0.25, 0.3) is 0 Å². The number of aryl methyl sites for hydroxylation is 3. The molecule has 0 unspecified atom stereocenters. The minimum atomic E-state index is 0.804. The van der Waals surface area contributed by atoms with Crippen LogP contribution in [0.1, 0.15) is 36.0 Å². The third kappa shape index (κ3) is 11.8. The molecule has 6 nitrogen and oxygen atoms in total. The fourth-order valence-corrected chi connectivity index (χ4v) is 13.9. The topological polar surface area (TPSA) is 38.7 Å². The zero-order valence-electron chi connectivity index (χ0n) is 53.8. The molecule has 13 aromatic carbocycles. The van der Waals surface area contributed by atoms with Gasteiger partial charge in [0.05, 0.1) is 57.9 Å². The summed E-state index contributed by atoms with van der Waals surface area (Å²) >= 11 is 0. The lowest BCUT2D eigenvalue weighted by Gasteiger charge is -2.31. The molecule has 15 aromatic rings. The molecule has 0 saturated heterocycles. The Balaban J connectivity index is 0.646. The van der Waals surface area contributed by atoms with Gasteiger partial charge < -0.3 is 19.6 Å². The monoisotopic (exact) mass is 1230 g/mol. The Labute approximate surface area is 561 Å². The molecule has 2 aromatic heterocycles. The molecule has 16 rings (SSSR count). The number of hydrogen-bond acceptors (Lipinski definition) is 6. The van der Waals surface area contributed by atoms with Gasteiger partial charge in [0.15, 0.2) is 0 Å². The first-order valence-corrected chi connectivity index (χ1v) is 33.3. The summed E-state index contributed by atoms with van der Waals surface area (Å²) in [7, 11) is 0. The van der Waals surface area contributed by atoms with E-state index < -0.39 is 0 Å². The van der Waals surface area contributed by atoms with Crippen LogP contribution in [0, 0.1) is 13.8 Å². The van der Waals surface area contributed by atoms with E-state index in [9.17, 15) is 0 Å². The maximum absolute atomic E-state index is 5.12. The summed E-state index contributed by atoms with van der Waals surface area (Å²) in [6.07, 6.45) is 12.5. The van der Waals surface area contributed by atoms with E-state index in [1.807, 2.05) is 12.4 Å². The van der Waals surface area contributed by atoms with Crippen molar-refractivity contribution in [2.75, 3.05) is 19.6 Å². The molecule has 0 saturated carbocycles. The van der Waals surface area contributed by atoms with Crippen LogP contribution in [0.3, 0.4) is 0 Å². The lowest BCUT2D eigenvalue weighted by Crippen LogP contribution is -2.18. The standard InChI is InChI=1S/C90H70N6/c1-63-31-45-73(46-32-63)93(87-27-11-19-69-15-3-7-23-81(69)87)77-53-41-67(42-54-77)68-43-55-78(56-44-68)94(88-28-12-20-70-16-4-8-24-82(70)88)75-49-37-65(38-50-75)35-36-66-39-51-76(52-40-66)96(90-30-14-22-72-18-6-10-26-84(72)90)80-58-60-86(92-62-80)85-59-57-79(61-91-85)95(74-47-33-64(2)34-48-74)89-29-13-21-71-17-5-9-25-83(71)89/h3-34,37,39-49,51-62H,35-36,38,50H2,1-2H3. The normalized spacial score (nSPS) is 12.2. The Kier molecular flexibility index (Phi) is 16.0. The molecule has 0 aliphatic heterocycles. The van der Waals surface area contributed by atoms with Gasteiger partial charge >= 0.3 is 0 Å². The smallest absolute Gasteiger partial charge is 0.0887 e. The van der Waals surface area contributed by atoms with Crippen LogP contribution < -0.4 is 19.6 Å². The lowest BCUT2D eigenvalue weighted by atomic mass is 9.95. The third-order valence-electron chi connectivity index (χ3n) is 18.9. The van der Waals surface area contributed by atoms with E-state index in [0.717, 1.165) is 93.9 Å². The van der Waals surface area contributed by atoms with E-state index in [0.29, 0.717) is 0 Å². The molecule has 6 heteroatoms. The Bertz CT molecular complexity index is 5330. The number of rotatable bonds is 17. The zero-order valence-corrected chi connectivity index (χ0v) is 53.8. The van der Waals surface area contributed by atoms with E-state index in [1.165, 1.54) is 87.9 Å². The van der Waals surface area contributed by atoms with E-state index in [-0.39, 0.29) is 0 Å². The molecule has 0 atom stereocenters. The summed E-state index contributed by atoms with van der Waals surface area (Å²) in [5.74, 6) is 0. The highest BCUT2D eigenvalue weighted by Gasteiger charge is 2.23. The summed E-state index contributed by atoms with van der Waals surface area (Å²) in [5.41, 5.74) is 22.4. The molecule has 0 amide bonds. The highest BCUT2D eigenvalue weighted by atomic mass is 15.2. The molecular weight excluding hydrogens is 1170 g/mol. The van der Waals surface area contributed by atoms with Crippen molar-refractivity contribution in [3.05, 3.63) is 368 Å². The molecular formula is C90H70N6. The maximum Gasteiger partial charge on any atom is 0.0887 e. The number of allylic oxidation sites excluding steroid dienone is 4. The number of hydrogen-bond donors (Lipinski definition) is 0. The van der Waals surface area contributed by atoms with Crippen molar-refractivity contribution in [3.8, 4) is 22.5 Å². The average Bonchev–Trinajstić information content (AvgIpc) is 1.29. The quantitative estimate of drug-likeness (QED) is 0.0905. The predicted octanol–water partition coefficient (Wildman–Crippen LogP) is 24.8. The lowest BCUT2D eigenvalue weighted by molar-refractivity contribution is 0.804. The molecule has 0 bridgehead atoms. The fraction of sp³-hybridized carbons (Fsp3) is 0.0667. The van der Waals surface area contributed by atoms with Gasteiger partial charge in [0.1, 0.15) is 0 Å². The van der Waals surface area contributed by atoms with Crippen molar-refractivity contribution in [2.45, 2.75) is 39.5 Å². The van der Waals surface area contributed by atoms with Crippen molar-refractivity contribution in [1.29, 1.82) is 0 Å². The van der Waals surface area contributed by atoms with Gasteiger partial charge in [0.2, 0.25) is 0 Å². The van der Waals surface area contributed by atoms with Crippen LogP contribution in [-0.4, -0.2) is 9.97 Å². The van der Waals surface area contributed by atoms with Crippen LogP contribution in [0.2, 0.25) is 0 Å². The minimum Gasteiger partial charge on any atom is -0.314 e. The second-order valence-corrected chi connectivity index (χ2v) is 25.1. The molecule has 96 heavy (non-hydrogen) atoms. The summed E-state index contributed by atoms with van der Waals surface area (Å²) in [6.45, 7) is 4.26. The summed E-state index contributed by atoms with van der Waals surface area (Å²) in [5, 5.41) is 9.61. The number of aromatic nitrogens is 2. The van der Waals surface area contributed by atoms with Crippen LogP contribution in [-0.2, 0) is 6.42 Å². The van der Waals surface area contributed by atoms with Gasteiger partial charge in [0, 0.05) is 55.7 Å². The molecule has 1 aliphatic rings. The number of nitrogens with zero attached hydrogens (tertiary/aromatic N) is 6. The third-order valence-corrected chi connectivity index (χ3v) is 18.9. The predicted molar refractivity (Wildman–Crippen MR) is 405 cm³/mol. The van der Waals surface area contributed by atoms with Crippen LogP contribution in [0.25, 0.3) is 65.6 Å². The Hall–Kier alpha value is -12.1. The maximum atomic E-state index is 5.12. The number of benzene rings is 13. The first kappa shape index (κ1) is 58.9. The van der Waals surface area contributed by atoms with Crippen molar-refractivity contribution in [2.24, 2.45) is 0 Å². The van der Waals surface area contributed by atoms with Crippen LogP contribution in [0.15, 0.2) is 351 Å². The summed E-state index contributed by atoms with van der Waals surface area (Å²) in [6, 6.07) is 114. The van der Waals surface area contributed by atoms with Gasteiger partial charge in [-0.1, -0.05) is 229 Å². The fourth-order valence-electron chi connectivity index (χ4n) is 13.9. The van der Waals surface area contributed by atoms with E-state index in [1.54, 1.807) is 0 Å². The number of pyridine rings is 2. The van der Waals surface area contributed by atoms with Crippen LogP contribution in [0.5, 0.6) is 0 Å². The first-order valence-electron chi connectivity index (χ1n) is 33.3. The van der Waals surface area contributed by atoms with Gasteiger partial charge in [-0.2, -0.15) is 0 Å². The summed E-state index contributed by atoms with van der Waals surface area (Å²) < 4.78 is 0. The van der Waals surface area contributed by atoms with Gasteiger partial charge in [-0.3, -0.25) is 9.97 Å². The molecule has 0 fully saturated rings. The van der Waals surface area contributed by atoms with Gasteiger partial charge in [-0.15, -0.1) is 0 Å². The first-order chi connectivity index (χ1) is 47.4. The van der Waals surface area contributed by atoms with Gasteiger partial charge in [-0.25, -0.2) is 0 Å². The van der Waals surface area contributed by atoms with Crippen molar-refractivity contribution < 1.29 is 0 Å². The highest BCUT2D eigenvalue weighted by molar-refractivity contribution is 6.02. The largest absolute Gasteiger partial charge is 0.314 e. The van der Waals surface area contributed by atoms with E-state index in [2.05, 4.69) is 361 Å². The van der Waals surface area contributed by atoms with Crippen LogP contribution in [0.4, 0.5) is 62.6 Å². The van der Waals surface area contributed by atoms with Crippen molar-refractivity contribution in [3.63, 3.8) is 0 Å². The molecule has 0 radical (unpaired) electrons. The van der Waals surface area contributed by atoms with E-state index >= 15 is 0 Å².